The largest absolute Gasteiger partial charge is 0.492 e. The van der Waals surface area contributed by atoms with Gasteiger partial charge in [-0.1, -0.05) is 12.1 Å². The van der Waals surface area contributed by atoms with E-state index >= 15 is 0 Å². The van der Waals surface area contributed by atoms with Crippen LogP contribution in [0.15, 0.2) is 22.7 Å². The summed E-state index contributed by atoms with van der Waals surface area (Å²) in [5.41, 5.74) is 1.38. The van der Waals surface area contributed by atoms with E-state index in [-0.39, 0.29) is 0 Å². The molecule has 3 heteroatoms. The van der Waals surface area contributed by atoms with Crippen molar-refractivity contribution in [2.24, 2.45) is 0 Å². The summed E-state index contributed by atoms with van der Waals surface area (Å²) in [4.78, 5) is 2.54. The lowest BCUT2D eigenvalue weighted by Crippen LogP contribution is -2.40. The van der Waals surface area contributed by atoms with Crippen molar-refractivity contribution in [1.29, 1.82) is 0 Å². The van der Waals surface area contributed by atoms with E-state index < -0.39 is 0 Å². The normalized spacial score (nSPS) is 24.4. The minimum Gasteiger partial charge on any atom is -0.492 e. The molecule has 2 aliphatic rings. The Labute approximate surface area is 105 Å². The fourth-order valence-corrected chi connectivity index (χ4v) is 3.02. The van der Waals surface area contributed by atoms with Crippen molar-refractivity contribution in [3.8, 4) is 5.75 Å². The number of likely N-dealkylation sites (tertiary alicyclic amines) is 1. The van der Waals surface area contributed by atoms with Crippen LogP contribution in [0, 0.1) is 0 Å². The van der Waals surface area contributed by atoms with E-state index in [4.69, 9.17) is 4.74 Å². The molecule has 1 saturated heterocycles. The van der Waals surface area contributed by atoms with Crippen LogP contribution >= 0.6 is 15.9 Å². The van der Waals surface area contributed by atoms with E-state index in [2.05, 4.69) is 39.0 Å². The quantitative estimate of drug-likeness (QED) is 0.826. The molecule has 0 aromatic heterocycles. The summed E-state index contributed by atoms with van der Waals surface area (Å²) in [5, 5.41) is 0. The molecule has 1 unspecified atom stereocenters. The number of nitrogens with zero attached hydrogens (tertiary/aromatic N) is 1. The van der Waals surface area contributed by atoms with Crippen molar-refractivity contribution in [1.82, 2.24) is 4.90 Å². The number of fused-ring (bicyclic) bond motifs is 1. The lowest BCUT2D eigenvalue weighted by Gasteiger charge is -2.36. The minimum atomic E-state index is 0.654. The minimum absolute atomic E-state index is 0.654. The molecule has 0 saturated carbocycles. The highest BCUT2D eigenvalue weighted by atomic mass is 79.9. The number of halogens is 1. The van der Waals surface area contributed by atoms with Gasteiger partial charge < -0.3 is 9.64 Å². The third-order valence-corrected chi connectivity index (χ3v) is 4.20. The molecule has 3 rings (SSSR count). The second-order valence-corrected chi connectivity index (χ2v) is 5.50. The smallest absolute Gasteiger partial charge is 0.136 e. The van der Waals surface area contributed by atoms with Gasteiger partial charge in [-0.3, -0.25) is 0 Å². The van der Waals surface area contributed by atoms with Crippen LogP contribution in [0.3, 0.4) is 0 Å². The van der Waals surface area contributed by atoms with Crippen LogP contribution in [0.5, 0.6) is 5.75 Å². The van der Waals surface area contributed by atoms with Gasteiger partial charge in [-0.2, -0.15) is 0 Å². The van der Waals surface area contributed by atoms with Gasteiger partial charge in [0.1, 0.15) is 5.75 Å². The first-order valence-corrected chi connectivity index (χ1v) is 6.77. The van der Waals surface area contributed by atoms with Gasteiger partial charge in [-0.25, -0.2) is 0 Å². The molecule has 16 heavy (non-hydrogen) atoms. The molecule has 0 radical (unpaired) electrons. The summed E-state index contributed by atoms with van der Waals surface area (Å²) in [7, 11) is 0. The summed E-state index contributed by atoms with van der Waals surface area (Å²) < 4.78 is 6.85. The number of rotatable bonds is 2. The average Bonchev–Trinajstić information content (AvgIpc) is 2.24. The van der Waals surface area contributed by atoms with Crippen LogP contribution in [0.4, 0.5) is 0 Å². The van der Waals surface area contributed by atoms with Crippen LogP contribution < -0.4 is 4.74 Å². The Morgan fingerprint density at radius 1 is 1.38 bits per heavy atom. The van der Waals surface area contributed by atoms with E-state index in [9.17, 15) is 0 Å². The Kier molecular flexibility index (Phi) is 2.90. The molecule has 0 N–H and O–H groups in total. The standard InChI is InChI=1S/C13H16BrNO/c14-12-4-1-3-11-10(5-8-16-13(11)12)9-15-6-2-7-15/h1,3-4,10H,2,5-9H2. The van der Waals surface area contributed by atoms with E-state index in [0.29, 0.717) is 5.92 Å². The van der Waals surface area contributed by atoms with Crippen molar-refractivity contribution >= 4 is 15.9 Å². The lowest BCUT2D eigenvalue weighted by atomic mass is 9.92. The van der Waals surface area contributed by atoms with Crippen molar-refractivity contribution in [3.05, 3.63) is 28.2 Å². The zero-order chi connectivity index (χ0) is 11.0. The first-order valence-electron chi connectivity index (χ1n) is 5.98. The average molecular weight is 282 g/mol. The van der Waals surface area contributed by atoms with Crippen LogP contribution in [0.25, 0.3) is 0 Å². The van der Waals surface area contributed by atoms with Gasteiger partial charge in [0.05, 0.1) is 11.1 Å². The molecule has 2 nitrogen and oxygen atoms in total. The molecule has 1 fully saturated rings. The maximum atomic E-state index is 5.75. The fraction of sp³-hybridized carbons (Fsp3) is 0.538. The first kappa shape index (κ1) is 10.6. The molecule has 1 atom stereocenters. The molecule has 0 amide bonds. The van der Waals surface area contributed by atoms with E-state index in [1.165, 1.54) is 31.6 Å². The van der Waals surface area contributed by atoms with Gasteiger partial charge in [-0.05, 0) is 53.5 Å². The van der Waals surface area contributed by atoms with Crippen molar-refractivity contribution in [3.63, 3.8) is 0 Å². The predicted octanol–water partition coefficient (Wildman–Crippen LogP) is 3.02. The molecular weight excluding hydrogens is 266 g/mol. The molecule has 86 valence electrons. The number of hydrogen-bond acceptors (Lipinski definition) is 2. The lowest BCUT2D eigenvalue weighted by molar-refractivity contribution is 0.152. The Morgan fingerprint density at radius 3 is 3.00 bits per heavy atom. The highest BCUT2D eigenvalue weighted by Crippen LogP contribution is 2.39. The van der Waals surface area contributed by atoms with Gasteiger partial charge in [-0.15, -0.1) is 0 Å². The number of ether oxygens (including phenoxy) is 1. The zero-order valence-electron chi connectivity index (χ0n) is 9.29. The van der Waals surface area contributed by atoms with Crippen LogP contribution in [-0.4, -0.2) is 31.1 Å². The maximum absolute atomic E-state index is 5.75. The summed E-state index contributed by atoms with van der Waals surface area (Å²) in [6.45, 7) is 4.61. The SMILES string of the molecule is Brc1cccc2c1OCCC2CN1CCC1. The number of para-hydroxylation sites is 1. The molecule has 0 bridgehead atoms. The highest BCUT2D eigenvalue weighted by molar-refractivity contribution is 9.10. The van der Waals surface area contributed by atoms with Crippen molar-refractivity contribution < 1.29 is 4.74 Å². The molecule has 2 heterocycles. The molecule has 2 aliphatic heterocycles. The summed E-state index contributed by atoms with van der Waals surface area (Å²) in [5.74, 6) is 1.72. The van der Waals surface area contributed by atoms with Gasteiger partial charge in [0.15, 0.2) is 0 Å². The second kappa shape index (κ2) is 4.38. The van der Waals surface area contributed by atoms with Gasteiger partial charge in [0.2, 0.25) is 0 Å². The Morgan fingerprint density at radius 2 is 2.25 bits per heavy atom. The summed E-state index contributed by atoms with van der Waals surface area (Å²) in [6.07, 6.45) is 2.52. The molecule has 1 aromatic carbocycles. The molecule has 0 spiro atoms. The second-order valence-electron chi connectivity index (χ2n) is 4.65. The van der Waals surface area contributed by atoms with Crippen LogP contribution in [0.2, 0.25) is 0 Å². The van der Waals surface area contributed by atoms with Gasteiger partial charge in [0, 0.05) is 12.5 Å². The van der Waals surface area contributed by atoms with E-state index in [1.807, 2.05) is 0 Å². The monoisotopic (exact) mass is 281 g/mol. The van der Waals surface area contributed by atoms with E-state index in [0.717, 1.165) is 23.2 Å². The van der Waals surface area contributed by atoms with Crippen LogP contribution in [0.1, 0.15) is 24.3 Å². The zero-order valence-corrected chi connectivity index (χ0v) is 10.9. The topological polar surface area (TPSA) is 12.5 Å². The predicted molar refractivity (Wildman–Crippen MR) is 68.1 cm³/mol. The van der Waals surface area contributed by atoms with Gasteiger partial charge >= 0.3 is 0 Å². The van der Waals surface area contributed by atoms with Gasteiger partial charge in [0.25, 0.3) is 0 Å². The third kappa shape index (κ3) is 1.87. The Hall–Kier alpha value is -0.540. The number of hydrogen-bond donors (Lipinski definition) is 0. The molecule has 0 aliphatic carbocycles. The molecular formula is C13H16BrNO. The Balaban J connectivity index is 1.84. The third-order valence-electron chi connectivity index (χ3n) is 3.58. The highest BCUT2D eigenvalue weighted by Gasteiger charge is 2.26. The summed E-state index contributed by atoms with van der Waals surface area (Å²) >= 11 is 3.57. The first-order chi connectivity index (χ1) is 7.84. The molecule has 1 aromatic rings. The van der Waals surface area contributed by atoms with E-state index in [1.54, 1.807) is 0 Å². The Bertz CT molecular complexity index is 390. The van der Waals surface area contributed by atoms with Crippen molar-refractivity contribution in [2.45, 2.75) is 18.8 Å². The maximum Gasteiger partial charge on any atom is 0.136 e. The number of benzene rings is 1. The van der Waals surface area contributed by atoms with Crippen molar-refractivity contribution in [2.75, 3.05) is 26.2 Å². The summed E-state index contributed by atoms with van der Waals surface area (Å²) in [6, 6.07) is 6.38. The fourth-order valence-electron chi connectivity index (χ4n) is 2.52. The van der Waals surface area contributed by atoms with Crippen LogP contribution in [-0.2, 0) is 0 Å².